The molecule has 2 N–H and O–H groups in total. The fourth-order valence-corrected chi connectivity index (χ4v) is 3.92. The predicted molar refractivity (Wildman–Crippen MR) is 108 cm³/mol. The Labute approximate surface area is 170 Å². The summed E-state index contributed by atoms with van der Waals surface area (Å²) in [6, 6.07) is 9.37. The average Bonchev–Trinajstić information content (AvgIpc) is 2.77. The van der Waals surface area contributed by atoms with E-state index in [0.29, 0.717) is 30.4 Å². The standard InChI is InChI=1S/C22H26N2O5/c1-14(22(25)23-17-4-5-18-21(12-17)29-9-8-28-18)24-7-6-15-10-19(26-2)20(27-3)11-16(15)13-24/h4-5,10-12,14H,6-9,13H2,1-3H3,(H,23,25)/p+1/t14-/m1/s1. The molecule has 2 heterocycles. The molecule has 1 unspecified atom stereocenters. The van der Waals surface area contributed by atoms with Crippen molar-refractivity contribution in [1.82, 2.24) is 0 Å². The summed E-state index contributed by atoms with van der Waals surface area (Å²) in [5.74, 6) is 2.84. The molecule has 29 heavy (non-hydrogen) atoms. The molecule has 2 aromatic rings. The Morgan fingerprint density at radius 2 is 1.72 bits per heavy atom. The summed E-state index contributed by atoms with van der Waals surface area (Å²) >= 11 is 0. The molecule has 7 heteroatoms. The number of rotatable bonds is 5. The molecular weight excluding hydrogens is 372 g/mol. The molecule has 0 aromatic heterocycles. The van der Waals surface area contributed by atoms with Crippen LogP contribution in [0.2, 0.25) is 0 Å². The largest absolute Gasteiger partial charge is 0.493 e. The van der Waals surface area contributed by atoms with Crippen molar-refractivity contribution in [2.75, 3.05) is 39.3 Å². The zero-order valence-corrected chi connectivity index (χ0v) is 17.0. The number of carbonyl (C=O) groups is 1. The number of amides is 1. The van der Waals surface area contributed by atoms with Crippen LogP contribution in [0.4, 0.5) is 5.69 Å². The molecule has 0 saturated carbocycles. The maximum atomic E-state index is 12.9. The summed E-state index contributed by atoms with van der Waals surface area (Å²) < 4.78 is 22.0. The van der Waals surface area contributed by atoms with Crippen molar-refractivity contribution in [3.63, 3.8) is 0 Å². The van der Waals surface area contributed by atoms with Crippen molar-refractivity contribution in [1.29, 1.82) is 0 Å². The van der Waals surface area contributed by atoms with E-state index in [2.05, 4.69) is 5.32 Å². The number of benzene rings is 2. The van der Waals surface area contributed by atoms with Gasteiger partial charge in [-0.05, 0) is 36.8 Å². The first-order valence-electron chi connectivity index (χ1n) is 9.88. The third-order valence-corrected chi connectivity index (χ3v) is 5.65. The van der Waals surface area contributed by atoms with Gasteiger partial charge in [-0.2, -0.15) is 0 Å². The van der Waals surface area contributed by atoms with Crippen molar-refractivity contribution in [3.05, 3.63) is 41.5 Å². The topological polar surface area (TPSA) is 70.5 Å². The van der Waals surface area contributed by atoms with Gasteiger partial charge in [-0.25, -0.2) is 0 Å². The van der Waals surface area contributed by atoms with Crippen LogP contribution in [0.15, 0.2) is 30.3 Å². The Morgan fingerprint density at radius 3 is 2.45 bits per heavy atom. The van der Waals surface area contributed by atoms with E-state index in [1.807, 2.05) is 37.3 Å². The molecule has 1 amide bonds. The Balaban J connectivity index is 1.45. The summed E-state index contributed by atoms with van der Waals surface area (Å²) in [6.45, 7) is 4.69. The SMILES string of the molecule is COc1cc2c(cc1OC)C[NH+]([C@H](C)C(=O)Nc1ccc3c(c1)OCCO3)CC2. The van der Waals surface area contributed by atoms with Crippen molar-refractivity contribution in [3.8, 4) is 23.0 Å². The van der Waals surface area contributed by atoms with Crippen LogP contribution >= 0.6 is 0 Å². The van der Waals surface area contributed by atoms with Gasteiger partial charge in [0, 0.05) is 23.7 Å². The number of methoxy groups -OCH3 is 2. The van der Waals surface area contributed by atoms with Crippen molar-refractivity contribution in [2.45, 2.75) is 25.9 Å². The van der Waals surface area contributed by atoms with E-state index < -0.39 is 0 Å². The molecule has 154 valence electrons. The Bertz CT molecular complexity index is 914. The molecule has 2 aliphatic heterocycles. The van der Waals surface area contributed by atoms with Gasteiger partial charge in [-0.3, -0.25) is 4.79 Å². The highest BCUT2D eigenvalue weighted by Crippen LogP contribution is 2.33. The van der Waals surface area contributed by atoms with Crippen molar-refractivity contribution in [2.24, 2.45) is 0 Å². The van der Waals surface area contributed by atoms with E-state index in [9.17, 15) is 4.79 Å². The van der Waals surface area contributed by atoms with Gasteiger partial charge in [-0.1, -0.05) is 0 Å². The highest BCUT2D eigenvalue weighted by atomic mass is 16.6. The first-order chi connectivity index (χ1) is 14.1. The van der Waals surface area contributed by atoms with E-state index in [-0.39, 0.29) is 11.9 Å². The lowest BCUT2D eigenvalue weighted by Gasteiger charge is -2.30. The first kappa shape index (κ1) is 19.4. The third-order valence-electron chi connectivity index (χ3n) is 5.65. The van der Waals surface area contributed by atoms with Crippen molar-refractivity contribution >= 4 is 11.6 Å². The number of nitrogens with one attached hydrogen (secondary N) is 2. The van der Waals surface area contributed by atoms with E-state index in [4.69, 9.17) is 18.9 Å². The summed E-state index contributed by atoms with van der Waals surface area (Å²) in [6.07, 6.45) is 0.896. The van der Waals surface area contributed by atoms with E-state index in [1.165, 1.54) is 16.0 Å². The third kappa shape index (κ3) is 3.96. The summed E-state index contributed by atoms with van der Waals surface area (Å²) in [4.78, 5) is 14.1. The molecule has 2 aromatic carbocycles. The lowest BCUT2D eigenvalue weighted by molar-refractivity contribution is -0.929. The van der Waals surface area contributed by atoms with Gasteiger partial charge in [0.1, 0.15) is 19.8 Å². The number of anilines is 1. The zero-order valence-electron chi connectivity index (χ0n) is 17.0. The number of hydrogen-bond acceptors (Lipinski definition) is 5. The van der Waals surface area contributed by atoms with E-state index in [1.54, 1.807) is 14.2 Å². The van der Waals surface area contributed by atoms with Gasteiger partial charge in [0.25, 0.3) is 5.91 Å². The van der Waals surface area contributed by atoms with Crippen LogP contribution in [0.5, 0.6) is 23.0 Å². The van der Waals surface area contributed by atoms with Crippen LogP contribution in [0, 0.1) is 0 Å². The van der Waals surface area contributed by atoms with E-state index >= 15 is 0 Å². The van der Waals surface area contributed by atoms with Gasteiger partial charge < -0.3 is 29.2 Å². The molecule has 0 spiro atoms. The number of ether oxygens (including phenoxy) is 4. The van der Waals surface area contributed by atoms with Gasteiger partial charge in [0.15, 0.2) is 29.0 Å². The second kappa shape index (κ2) is 8.21. The van der Waals surface area contributed by atoms with Crippen LogP contribution in [0.1, 0.15) is 18.1 Å². The smallest absolute Gasteiger partial charge is 0.282 e. The molecule has 0 bridgehead atoms. The minimum atomic E-state index is -0.190. The summed E-state index contributed by atoms with van der Waals surface area (Å²) in [7, 11) is 3.29. The Kier molecular flexibility index (Phi) is 5.49. The second-order valence-corrected chi connectivity index (χ2v) is 7.38. The van der Waals surface area contributed by atoms with Gasteiger partial charge >= 0.3 is 0 Å². The van der Waals surface area contributed by atoms with Crippen LogP contribution < -0.4 is 29.2 Å². The highest BCUT2D eigenvalue weighted by Gasteiger charge is 2.30. The molecule has 2 aliphatic rings. The van der Waals surface area contributed by atoms with Crippen LogP contribution in [0.25, 0.3) is 0 Å². The first-order valence-corrected chi connectivity index (χ1v) is 9.88. The Hall–Kier alpha value is -2.93. The lowest BCUT2D eigenvalue weighted by atomic mass is 9.97. The molecule has 2 atom stereocenters. The maximum absolute atomic E-state index is 12.9. The fourth-order valence-electron chi connectivity index (χ4n) is 3.92. The monoisotopic (exact) mass is 399 g/mol. The van der Waals surface area contributed by atoms with Crippen LogP contribution in [0.3, 0.4) is 0 Å². The fraction of sp³-hybridized carbons (Fsp3) is 0.409. The normalized spacial score (nSPS) is 18.4. The number of hydrogen-bond donors (Lipinski definition) is 2. The van der Waals surface area contributed by atoms with Crippen molar-refractivity contribution < 1.29 is 28.6 Å². The molecule has 0 fully saturated rings. The quantitative estimate of drug-likeness (QED) is 0.796. The van der Waals surface area contributed by atoms with E-state index in [0.717, 1.165) is 31.0 Å². The molecule has 0 radical (unpaired) electrons. The second-order valence-electron chi connectivity index (χ2n) is 7.38. The molecule has 0 aliphatic carbocycles. The minimum absolute atomic E-state index is 0.0133. The molecule has 7 nitrogen and oxygen atoms in total. The summed E-state index contributed by atoms with van der Waals surface area (Å²) in [5.41, 5.74) is 3.17. The predicted octanol–water partition coefficient (Wildman–Crippen LogP) is 1.44. The van der Waals surface area contributed by atoms with Gasteiger partial charge in [0.05, 0.1) is 20.8 Å². The average molecular weight is 399 g/mol. The Morgan fingerprint density at radius 1 is 1.03 bits per heavy atom. The number of carbonyl (C=O) groups excluding carboxylic acids is 1. The highest BCUT2D eigenvalue weighted by molar-refractivity contribution is 5.94. The van der Waals surface area contributed by atoms with Gasteiger partial charge in [-0.15, -0.1) is 0 Å². The minimum Gasteiger partial charge on any atom is -0.493 e. The zero-order chi connectivity index (χ0) is 20.4. The number of fused-ring (bicyclic) bond motifs is 2. The lowest BCUT2D eigenvalue weighted by Crippen LogP contribution is -3.16. The molecular formula is C22H27N2O5+. The molecule has 4 rings (SSSR count). The van der Waals surface area contributed by atoms with Crippen LogP contribution in [-0.4, -0.2) is 45.9 Å². The maximum Gasteiger partial charge on any atom is 0.282 e. The van der Waals surface area contributed by atoms with Crippen LogP contribution in [-0.2, 0) is 17.8 Å². The molecule has 0 saturated heterocycles. The van der Waals surface area contributed by atoms with Gasteiger partial charge in [0.2, 0.25) is 0 Å². The summed E-state index contributed by atoms with van der Waals surface area (Å²) in [5, 5.41) is 3.01. The number of quaternary nitrogens is 1.